The van der Waals surface area contributed by atoms with Crippen molar-refractivity contribution in [1.82, 2.24) is 16.2 Å². The molecule has 0 aliphatic heterocycles. The highest BCUT2D eigenvalue weighted by atomic mass is 32.1. The van der Waals surface area contributed by atoms with Crippen LogP contribution in [0.5, 0.6) is 11.5 Å². The third-order valence-electron chi connectivity index (χ3n) is 4.15. The monoisotopic (exact) mass is 437 g/mol. The Labute approximate surface area is 185 Å². The van der Waals surface area contributed by atoms with E-state index >= 15 is 0 Å². The SMILES string of the molecule is CC(C)Oc1ccccc1C(=O)NC(=S)NNC(=O)COc1cccc2ccccc12. The average Bonchev–Trinajstić information content (AvgIpc) is 2.76. The Hall–Kier alpha value is -3.65. The second-order valence-electron chi connectivity index (χ2n) is 6.89. The van der Waals surface area contributed by atoms with Crippen molar-refractivity contribution in [3.8, 4) is 11.5 Å². The molecule has 31 heavy (non-hydrogen) atoms. The number of amides is 2. The van der Waals surface area contributed by atoms with E-state index in [4.69, 9.17) is 21.7 Å². The van der Waals surface area contributed by atoms with E-state index in [0.717, 1.165) is 10.8 Å². The predicted molar refractivity (Wildman–Crippen MR) is 123 cm³/mol. The summed E-state index contributed by atoms with van der Waals surface area (Å²) < 4.78 is 11.3. The second kappa shape index (κ2) is 10.4. The predicted octanol–water partition coefficient (Wildman–Crippen LogP) is 3.34. The average molecular weight is 438 g/mol. The van der Waals surface area contributed by atoms with Gasteiger partial charge in [0.2, 0.25) is 0 Å². The molecule has 0 saturated heterocycles. The van der Waals surface area contributed by atoms with E-state index in [1.54, 1.807) is 30.3 Å². The number of carbonyl (C=O) groups is 2. The van der Waals surface area contributed by atoms with E-state index in [1.807, 2.05) is 50.2 Å². The van der Waals surface area contributed by atoms with Gasteiger partial charge < -0.3 is 9.47 Å². The summed E-state index contributed by atoms with van der Waals surface area (Å²) in [5.74, 6) is 0.152. The van der Waals surface area contributed by atoms with Crippen LogP contribution in [0, 0.1) is 0 Å². The van der Waals surface area contributed by atoms with Crippen LogP contribution < -0.4 is 25.6 Å². The first-order valence-corrected chi connectivity index (χ1v) is 10.1. The molecule has 3 rings (SSSR count). The largest absolute Gasteiger partial charge is 0.490 e. The van der Waals surface area contributed by atoms with Gasteiger partial charge in [0, 0.05) is 5.39 Å². The number of carbonyl (C=O) groups excluding carboxylic acids is 2. The maximum atomic E-state index is 12.5. The van der Waals surface area contributed by atoms with Crippen molar-refractivity contribution in [3.63, 3.8) is 0 Å². The number of hydrogen-bond donors (Lipinski definition) is 3. The number of rotatable bonds is 6. The third-order valence-corrected chi connectivity index (χ3v) is 4.35. The number of fused-ring (bicyclic) bond motifs is 1. The van der Waals surface area contributed by atoms with Crippen molar-refractivity contribution < 1.29 is 19.1 Å². The quantitative estimate of drug-likeness (QED) is 0.405. The topological polar surface area (TPSA) is 88.7 Å². The summed E-state index contributed by atoms with van der Waals surface area (Å²) in [7, 11) is 0. The molecule has 0 bridgehead atoms. The zero-order valence-electron chi connectivity index (χ0n) is 17.2. The van der Waals surface area contributed by atoms with Crippen LogP contribution in [0.1, 0.15) is 24.2 Å². The molecule has 8 heteroatoms. The molecule has 0 heterocycles. The van der Waals surface area contributed by atoms with Gasteiger partial charge in [0.15, 0.2) is 11.7 Å². The molecule has 3 aromatic carbocycles. The molecular weight excluding hydrogens is 414 g/mol. The van der Waals surface area contributed by atoms with Gasteiger partial charge in [0.05, 0.1) is 11.7 Å². The zero-order chi connectivity index (χ0) is 22.2. The minimum Gasteiger partial charge on any atom is -0.490 e. The van der Waals surface area contributed by atoms with Crippen LogP contribution in [0.2, 0.25) is 0 Å². The van der Waals surface area contributed by atoms with Crippen molar-refractivity contribution in [1.29, 1.82) is 0 Å². The molecule has 0 fully saturated rings. The van der Waals surface area contributed by atoms with Gasteiger partial charge in [0.1, 0.15) is 11.5 Å². The summed E-state index contributed by atoms with van der Waals surface area (Å²) in [5, 5.41) is 4.39. The van der Waals surface area contributed by atoms with Gasteiger partial charge in [-0.2, -0.15) is 0 Å². The molecule has 0 aromatic heterocycles. The van der Waals surface area contributed by atoms with Gasteiger partial charge in [-0.1, -0.05) is 48.5 Å². The van der Waals surface area contributed by atoms with E-state index in [-0.39, 0.29) is 17.8 Å². The molecular formula is C23H23N3O4S. The fraction of sp³-hybridized carbons (Fsp3) is 0.174. The van der Waals surface area contributed by atoms with Crippen LogP contribution in [0.15, 0.2) is 66.7 Å². The lowest BCUT2D eigenvalue weighted by Crippen LogP contribution is -2.49. The first kappa shape index (κ1) is 22.0. The smallest absolute Gasteiger partial charge is 0.276 e. The Morgan fingerprint density at radius 3 is 2.39 bits per heavy atom. The van der Waals surface area contributed by atoms with Crippen LogP contribution in [-0.4, -0.2) is 29.6 Å². The van der Waals surface area contributed by atoms with Crippen molar-refractivity contribution in [2.75, 3.05) is 6.61 Å². The first-order chi connectivity index (χ1) is 14.9. The fourth-order valence-electron chi connectivity index (χ4n) is 2.84. The Balaban J connectivity index is 1.49. The number of thiocarbonyl (C=S) groups is 1. The maximum absolute atomic E-state index is 12.5. The van der Waals surface area contributed by atoms with E-state index in [0.29, 0.717) is 17.1 Å². The van der Waals surface area contributed by atoms with Gasteiger partial charge in [-0.3, -0.25) is 25.8 Å². The van der Waals surface area contributed by atoms with Gasteiger partial charge >= 0.3 is 0 Å². The molecule has 7 nitrogen and oxygen atoms in total. The molecule has 0 saturated carbocycles. The highest BCUT2D eigenvalue weighted by Gasteiger charge is 2.15. The molecule has 0 unspecified atom stereocenters. The number of ether oxygens (including phenoxy) is 2. The molecule has 0 atom stereocenters. The van der Waals surface area contributed by atoms with Gasteiger partial charge in [-0.05, 0) is 49.7 Å². The lowest BCUT2D eigenvalue weighted by Gasteiger charge is -2.15. The Morgan fingerprint density at radius 2 is 1.58 bits per heavy atom. The van der Waals surface area contributed by atoms with Crippen LogP contribution in [-0.2, 0) is 4.79 Å². The molecule has 0 aliphatic rings. The lowest BCUT2D eigenvalue weighted by molar-refractivity contribution is -0.123. The van der Waals surface area contributed by atoms with Crippen molar-refractivity contribution in [2.24, 2.45) is 0 Å². The number of benzene rings is 3. The summed E-state index contributed by atoms with van der Waals surface area (Å²) in [4.78, 5) is 24.6. The minimum atomic E-state index is -0.451. The first-order valence-electron chi connectivity index (χ1n) is 9.70. The van der Waals surface area contributed by atoms with Crippen LogP contribution >= 0.6 is 12.2 Å². The Morgan fingerprint density at radius 1 is 0.903 bits per heavy atom. The molecule has 160 valence electrons. The maximum Gasteiger partial charge on any atom is 0.276 e. The Bertz CT molecular complexity index is 1100. The van der Waals surface area contributed by atoms with Gasteiger partial charge in [-0.15, -0.1) is 0 Å². The van der Waals surface area contributed by atoms with Crippen LogP contribution in [0.3, 0.4) is 0 Å². The minimum absolute atomic E-state index is 0.0529. The number of nitrogens with one attached hydrogen (secondary N) is 3. The van der Waals surface area contributed by atoms with Gasteiger partial charge in [-0.25, -0.2) is 0 Å². The standard InChI is InChI=1S/C23H23N3O4S/c1-15(2)30-20-12-6-5-11-18(20)22(28)24-23(31)26-25-21(27)14-29-19-13-7-9-16-8-3-4-10-17(16)19/h3-13,15H,14H2,1-2H3,(H,25,27)(H2,24,26,28,31). The summed E-state index contributed by atoms with van der Waals surface area (Å²) in [6.45, 7) is 3.52. The molecule has 0 radical (unpaired) electrons. The molecule has 3 aromatic rings. The summed E-state index contributed by atoms with van der Waals surface area (Å²) >= 11 is 5.08. The number of hydrazine groups is 1. The highest BCUT2D eigenvalue weighted by Crippen LogP contribution is 2.25. The fourth-order valence-corrected chi connectivity index (χ4v) is 2.98. The van der Waals surface area contributed by atoms with E-state index in [1.165, 1.54) is 0 Å². The third kappa shape index (κ3) is 6.16. The Kier molecular flexibility index (Phi) is 7.40. The highest BCUT2D eigenvalue weighted by molar-refractivity contribution is 7.80. The van der Waals surface area contributed by atoms with Crippen LogP contribution in [0.25, 0.3) is 10.8 Å². The molecule has 2 amide bonds. The second-order valence-corrected chi connectivity index (χ2v) is 7.29. The molecule has 0 aliphatic carbocycles. The number of hydrogen-bond acceptors (Lipinski definition) is 5. The zero-order valence-corrected chi connectivity index (χ0v) is 18.0. The van der Waals surface area contributed by atoms with Crippen molar-refractivity contribution >= 4 is 39.9 Å². The van der Waals surface area contributed by atoms with Gasteiger partial charge in [0.25, 0.3) is 11.8 Å². The van der Waals surface area contributed by atoms with Crippen molar-refractivity contribution in [2.45, 2.75) is 20.0 Å². The van der Waals surface area contributed by atoms with Crippen molar-refractivity contribution in [3.05, 3.63) is 72.3 Å². The lowest BCUT2D eigenvalue weighted by atomic mass is 10.1. The normalized spacial score (nSPS) is 10.4. The molecule has 0 spiro atoms. The van der Waals surface area contributed by atoms with E-state index < -0.39 is 11.8 Å². The summed E-state index contributed by atoms with van der Waals surface area (Å²) in [6, 6.07) is 20.2. The number of para-hydroxylation sites is 1. The van der Waals surface area contributed by atoms with E-state index in [9.17, 15) is 9.59 Å². The van der Waals surface area contributed by atoms with E-state index in [2.05, 4.69) is 16.2 Å². The molecule has 3 N–H and O–H groups in total. The summed E-state index contributed by atoms with van der Waals surface area (Å²) in [6.07, 6.45) is -0.0833. The van der Waals surface area contributed by atoms with Crippen LogP contribution in [0.4, 0.5) is 0 Å². The summed E-state index contributed by atoms with van der Waals surface area (Å²) in [5.41, 5.74) is 5.24.